The molecule has 0 radical (unpaired) electrons. The van der Waals surface area contributed by atoms with Gasteiger partial charge in [0.2, 0.25) is 0 Å². The van der Waals surface area contributed by atoms with Gasteiger partial charge in [0.25, 0.3) is 0 Å². The van der Waals surface area contributed by atoms with Crippen LogP contribution in [0.1, 0.15) is 37.1 Å². The highest BCUT2D eigenvalue weighted by molar-refractivity contribution is 7.94. The monoisotopic (exact) mass is 460 g/mol. The topological polar surface area (TPSA) is 119 Å². The molecule has 32 heavy (non-hydrogen) atoms. The number of nitroso groups, excluding NO2 is 1. The van der Waals surface area contributed by atoms with Gasteiger partial charge in [0.15, 0.2) is 20.3 Å². The number of ether oxygens (including phenoxy) is 2. The van der Waals surface area contributed by atoms with Crippen LogP contribution >= 0.6 is 0 Å². The Morgan fingerprint density at radius 1 is 0.812 bits per heavy atom. The van der Waals surface area contributed by atoms with Crippen molar-refractivity contribution in [1.29, 1.82) is 0 Å². The highest BCUT2D eigenvalue weighted by atomic mass is 32.2. The second-order valence-corrected chi connectivity index (χ2v) is 9.30. The maximum absolute atomic E-state index is 13.8. The van der Waals surface area contributed by atoms with Crippen molar-refractivity contribution in [3.63, 3.8) is 0 Å². The fraction of sp³-hybridized carbons (Fsp3) is 0.364. The molecule has 0 aliphatic carbocycles. The average Bonchev–Trinajstić information content (AvgIpc) is 2.79. The van der Waals surface area contributed by atoms with Crippen molar-refractivity contribution >= 4 is 21.8 Å². The summed E-state index contributed by atoms with van der Waals surface area (Å²) in [5.41, 5.74) is 0.744. The maximum Gasteiger partial charge on any atom is 0.326 e. The van der Waals surface area contributed by atoms with Crippen molar-refractivity contribution in [2.24, 2.45) is 5.29 Å². The second kappa shape index (κ2) is 9.90. The summed E-state index contributed by atoms with van der Waals surface area (Å²) in [5.74, 6) is -2.12. The molecule has 1 aliphatic rings. The predicted octanol–water partition coefficient (Wildman–Crippen LogP) is 2.74. The van der Waals surface area contributed by atoms with Crippen LogP contribution in [0.15, 0.2) is 65.9 Å². The van der Waals surface area contributed by atoms with Gasteiger partial charge in [-0.25, -0.2) is 13.4 Å². The zero-order chi connectivity index (χ0) is 23.3. The van der Waals surface area contributed by atoms with E-state index in [4.69, 9.17) is 9.47 Å². The highest BCUT2D eigenvalue weighted by Crippen LogP contribution is 2.46. The van der Waals surface area contributed by atoms with E-state index in [1.165, 1.54) is 13.8 Å². The van der Waals surface area contributed by atoms with E-state index in [2.05, 4.69) is 5.29 Å². The molecule has 3 rings (SSSR count). The molecule has 0 aromatic heterocycles. The van der Waals surface area contributed by atoms with Crippen LogP contribution in [0.2, 0.25) is 0 Å². The molecule has 9 nitrogen and oxygen atoms in total. The van der Waals surface area contributed by atoms with Crippen molar-refractivity contribution in [3.8, 4) is 0 Å². The molecule has 2 aromatic rings. The maximum atomic E-state index is 13.8. The number of esters is 2. The summed E-state index contributed by atoms with van der Waals surface area (Å²) in [5, 5.41) is 0.385. The minimum absolute atomic E-state index is 0.0763. The second-order valence-electron chi connectivity index (χ2n) is 7.11. The molecular formula is C22H24N2O7S. The Morgan fingerprint density at radius 2 is 1.19 bits per heavy atom. The summed E-state index contributed by atoms with van der Waals surface area (Å²) in [6.45, 7) is 2.92. The van der Waals surface area contributed by atoms with Crippen LogP contribution in [-0.4, -0.2) is 49.1 Å². The molecule has 0 amide bonds. The lowest BCUT2D eigenvalue weighted by Crippen LogP contribution is -2.59. The normalized spacial score (nSPS) is 24.4. The van der Waals surface area contributed by atoms with Crippen LogP contribution < -0.4 is 0 Å². The quantitative estimate of drug-likeness (QED) is 0.457. The number of rotatable bonds is 7. The van der Waals surface area contributed by atoms with Gasteiger partial charge in [-0.2, -0.15) is 0 Å². The summed E-state index contributed by atoms with van der Waals surface area (Å²) in [6.07, 6.45) is 0. The molecule has 10 heteroatoms. The lowest BCUT2D eigenvalue weighted by Gasteiger charge is -2.44. The third-order valence-electron chi connectivity index (χ3n) is 5.27. The molecule has 4 atom stereocenters. The summed E-state index contributed by atoms with van der Waals surface area (Å²) in [6, 6.07) is 13.8. The van der Waals surface area contributed by atoms with Crippen LogP contribution in [-0.2, 0) is 28.9 Å². The van der Waals surface area contributed by atoms with Gasteiger partial charge in [0, 0.05) is 0 Å². The SMILES string of the molecule is CCOC(=O)C1C(c2ccccc2)N(N=O)C(c2ccccc2)C(C(=O)OCC)S1(=O)=O. The van der Waals surface area contributed by atoms with Gasteiger partial charge in [0.1, 0.15) is 12.1 Å². The van der Waals surface area contributed by atoms with E-state index in [0.717, 1.165) is 5.01 Å². The Hall–Kier alpha value is -3.27. The molecular weight excluding hydrogens is 436 g/mol. The number of carbonyl (C=O) groups excluding carboxylic acids is 2. The molecule has 4 unspecified atom stereocenters. The first-order valence-corrected chi connectivity index (χ1v) is 11.8. The third-order valence-corrected chi connectivity index (χ3v) is 7.58. The van der Waals surface area contributed by atoms with Crippen LogP contribution in [0.25, 0.3) is 0 Å². The Morgan fingerprint density at radius 3 is 1.50 bits per heavy atom. The van der Waals surface area contributed by atoms with Crippen LogP contribution in [0, 0.1) is 4.91 Å². The fourth-order valence-corrected chi connectivity index (χ4v) is 6.27. The zero-order valence-corrected chi connectivity index (χ0v) is 18.5. The van der Waals surface area contributed by atoms with E-state index >= 15 is 0 Å². The van der Waals surface area contributed by atoms with E-state index in [-0.39, 0.29) is 13.2 Å². The smallest absolute Gasteiger partial charge is 0.326 e. The van der Waals surface area contributed by atoms with Gasteiger partial charge in [-0.15, -0.1) is 4.91 Å². The standard InChI is InChI=1S/C22H24N2O7S/c1-3-30-21(25)19-17(15-11-7-5-8-12-15)24(23-27)18(16-13-9-6-10-14-16)20(32(19,28)29)22(26)31-4-2/h5-14,17-20H,3-4H2,1-2H3. The summed E-state index contributed by atoms with van der Waals surface area (Å²) in [7, 11) is -4.53. The van der Waals surface area contributed by atoms with E-state index in [1.54, 1.807) is 60.7 Å². The molecule has 1 heterocycles. The summed E-state index contributed by atoms with van der Waals surface area (Å²) < 4.78 is 37.7. The van der Waals surface area contributed by atoms with Gasteiger partial charge in [-0.3, -0.25) is 9.59 Å². The zero-order valence-electron chi connectivity index (χ0n) is 17.7. The summed E-state index contributed by atoms with van der Waals surface area (Å²) >= 11 is 0. The first-order chi connectivity index (χ1) is 15.4. The lowest BCUT2D eigenvalue weighted by molar-refractivity contribution is -0.147. The minimum Gasteiger partial charge on any atom is -0.465 e. The number of hydrogen-bond acceptors (Lipinski definition) is 8. The van der Waals surface area contributed by atoms with Crippen LogP contribution in [0.5, 0.6) is 0 Å². The molecule has 2 aromatic carbocycles. The Kier molecular flexibility index (Phi) is 7.24. The van der Waals surface area contributed by atoms with Crippen molar-refractivity contribution < 1.29 is 27.5 Å². The largest absolute Gasteiger partial charge is 0.465 e. The molecule has 0 bridgehead atoms. The predicted molar refractivity (Wildman–Crippen MR) is 116 cm³/mol. The number of sulfone groups is 1. The number of benzene rings is 2. The molecule has 1 saturated heterocycles. The van der Waals surface area contributed by atoms with Crippen molar-refractivity contribution in [2.75, 3.05) is 13.2 Å². The van der Waals surface area contributed by atoms with E-state index < -0.39 is 44.4 Å². The minimum atomic E-state index is -4.53. The molecule has 1 aliphatic heterocycles. The van der Waals surface area contributed by atoms with E-state index in [0.29, 0.717) is 11.1 Å². The highest BCUT2D eigenvalue weighted by Gasteiger charge is 2.61. The fourth-order valence-electron chi connectivity index (χ4n) is 4.00. The lowest BCUT2D eigenvalue weighted by atomic mass is 9.95. The number of carbonyl (C=O) groups is 2. The molecule has 1 fully saturated rings. The first-order valence-electron chi connectivity index (χ1n) is 10.2. The van der Waals surface area contributed by atoms with Crippen molar-refractivity contribution in [1.82, 2.24) is 5.01 Å². The van der Waals surface area contributed by atoms with Crippen LogP contribution in [0.4, 0.5) is 0 Å². The number of nitrogens with zero attached hydrogens (tertiary/aromatic N) is 2. The average molecular weight is 461 g/mol. The van der Waals surface area contributed by atoms with Crippen molar-refractivity contribution in [3.05, 3.63) is 76.7 Å². The molecule has 0 N–H and O–H groups in total. The van der Waals surface area contributed by atoms with Crippen molar-refractivity contribution in [2.45, 2.75) is 36.4 Å². The molecule has 170 valence electrons. The molecule has 0 saturated carbocycles. The van der Waals surface area contributed by atoms with Gasteiger partial charge < -0.3 is 9.47 Å². The third kappa shape index (κ3) is 4.22. The van der Waals surface area contributed by atoms with Gasteiger partial charge >= 0.3 is 11.9 Å². The van der Waals surface area contributed by atoms with Gasteiger partial charge in [-0.05, 0) is 25.0 Å². The van der Waals surface area contributed by atoms with E-state index in [1.807, 2.05) is 0 Å². The Bertz CT molecular complexity index is 985. The van der Waals surface area contributed by atoms with Gasteiger partial charge in [0.05, 0.1) is 18.5 Å². The van der Waals surface area contributed by atoms with Gasteiger partial charge in [-0.1, -0.05) is 60.7 Å². The first kappa shape index (κ1) is 23.4. The molecule has 0 spiro atoms. The Labute approximate surface area is 186 Å². The number of hydrogen-bond donors (Lipinski definition) is 0. The van der Waals surface area contributed by atoms with Crippen LogP contribution in [0.3, 0.4) is 0 Å². The Balaban J connectivity index is 2.30. The van der Waals surface area contributed by atoms with E-state index in [9.17, 15) is 22.9 Å². The summed E-state index contributed by atoms with van der Waals surface area (Å²) in [4.78, 5) is 38.0.